The van der Waals surface area contributed by atoms with Gasteiger partial charge in [0.1, 0.15) is 0 Å². The highest BCUT2D eigenvalue weighted by Crippen LogP contribution is 2.17. The third-order valence-corrected chi connectivity index (χ3v) is 3.90. The lowest BCUT2D eigenvalue weighted by Gasteiger charge is -2.26. The molecule has 1 saturated heterocycles. The van der Waals surface area contributed by atoms with Gasteiger partial charge in [-0.25, -0.2) is 0 Å². The predicted octanol–water partition coefficient (Wildman–Crippen LogP) is 3.54. The van der Waals surface area contributed by atoms with Crippen LogP contribution in [0.15, 0.2) is 24.3 Å². The summed E-state index contributed by atoms with van der Waals surface area (Å²) in [6.45, 7) is 4.01. The average Bonchev–Trinajstić information content (AvgIpc) is 2.66. The van der Waals surface area contributed by atoms with E-state index in [4.69, 9.17) is 11.6 Å². The van der Waals surface area contributed by atoms with Gasteiger partial charge < -0.3 is 5.32 Å². The van der Waals surface area contributed by atoms with Crippen LogP contribution < -0.4 is 5.32 Å². The first-order valence-corrected chi connectivity index (χ1v) is 7.35. The molecule has 1 aliphatic heterocycles. The first kappa shape index (κ1) is 14.4. The predicted molar refractivity (Wildman–Crippen MR) is 79.6 cm³/mol. The third-order valence-electron chi connectivity index (χ3n) is 3.66. The maximum Gasteiger partial charge on any atom is 0.241 e. The zero-order valence-electron chi connectivity index (χ0n) is 11.4. The van der Waals surface area contributed by atoms with Gasteiger partial charge in [-0.3, -0.25) is 9.69 Å². The lowest BCUT2D eigenvalue weighted by molar-refractivity contribution is -0.120. The van der Waals surface area contributed by atoms with Crippen molar-refractivity contribution >= 4 is 23.2 Å². The number of amides is 1. The van der Waals surface area contributed by atoms with Crippen molar-refractivity contribution in [1.29, 1.82) is 0 Å². The lowest BCUT2D eigenvalue weighted by atomic mass is 10.2. The van der Waals surface area contributed by atoms with E-state index in [2.05, 4.69) is 10.2 Å². The van der Waals surface area contributed by atoms with E-state index >= 15 is 0 Å². The molecule has 1 N–H and O–H groups in total. The molecule has 0 spiro atoms. The molecule has 104 valence electrons. The molecular formula is C15H21ClN2O. The Balaban J connectivity index is 1.94. The monoisotopic (exact) mass is 280 g/mol. The Kier molecular flexibility index (Phi) is 5.23. The highest BCUT2D eigenvalue weighted by molar-refractivity contribution is 6.30. The van der Waals surface area contributed by atoms with Gasteiger partial charge in [0.2, 0.25) is 5.91 Å². The van der Waals surface area contributed by atoms with Crippen molar-refractivity contribution in [3.05, 3.63) is 29.3 Å². The molecule has 0 saturated carbocycles. The summed E-state index contributed by atoms with van der Waals surface area (Å²) < 4.78 is 0. The maximum absolute atomic E-state index is 12.2. The zero-order chi connectivity index (χ0) is 13.7. The van der Waals surface area contributed by atoms with Crippen molar-refractivity contribution in [2.75, 3.05) is 18.4 Å². The van der Waals surface area contributed by atoms with Crippen molar-refractivity contribution < 1.29 is 4.79 Å². The number of hydrogen-bond acceptors (Lipinski definition) is 2. The maximum atomic E-state index is 12.2. The summed E-state index contributed by atoms with van der Waals surface area (Å²) >= 11 is 5.92. The number of halogens is 1. The minimum Gasteiger partial charge on any atom is -0.325 e. The van der Waals surface area contributed by atoms with Crippen molar-refractivity contribution in [2.24, 2.45) is 0 Å². The van der Waals surface area contributed by atoms with Crippen LogP contribution in [-0.4, -0.2) is 29.9 Å². The molecule has 0 aliphatic carbocycles. The van der Waals surface area contributed by atoms with E-state index in [1.165, 1.54) is 25.7 Å². The fourth-order valence-corrected chi connectivity index (χ4v) is 2.65. The zero-order valence-corrected chi connectivity index (χ0v) is 12.1. The van der Waals surface area contributed by atoms with Crippen LogP contribution in [0, 0.1) is 0 Å². The second kappa shape index (κ2) is 6.92. The smallest absolute Gasteiger partial charge is 0.241 e. The van der Waals surface area contributed by atoms with Crippen LogP contribution in [0.25, 0.3) is 0 Å². The molecule has 0 bridgehead atoms. The third kappa shape index (κ3) is 4.22. The molecule has 19 heavy (non-hydrogen) atoms. The van der Waals surface area contributed by atoms with Gasteiger partial charge in [0, 0.05) is 10.7 Å². The molecule has 3 nitrogen and oxygen atoms in total. The van der Waals surface area contributed by atoms with Gasteiger partial charge in [0.15, 0.2) is 0 Å². The molecule has 1 aromatic rings. The van der Waals surface area contributed by atoms with Crippen LogP contribution in [0.3, 0.4) is 0 Å². The molecule has 0 unspecified atom stereocenters. The normalized spacial score (nSPS) is 18.6. The minimum absolute atomic E-state index is 0.0455. The van der Waals surface area contributed by atoms with Crippen molar-refractivity contribution in [3.8, 4) is 0 Å². The van der Waals surface area contributed by atoms with E-state index in [0.29, 0.717) is 5.02 Å². The van der Waals surface area contributed by atoms with Crippen LogP contribution in [0.2, 0.25) is 5.02 Å². The fourth-order valence-electron chi connectivity index (χ4n) is 2.46. The first-order chi connectivity index (χ1) is 9.16. The molecule has 1 aromatic carbocycles. The SMILES string of the molecule is C[C@@H](C(=O)Nc1cccc(Cl)c1)N1CCCCCC1. The highest BCUT2D eigenvalue weighted by atomic mass is 35.5. The number of likely N-dealkylation sites (tertiary alicyclic amines) is 1. The average molecular weight is 281 g/mol. The number of benzene rings is 1. The summed E-state index contributed by atoms with van der Waals surface area (Å²) in [6.07, 6.45) is 4.93. The molecule has 1 amide bonds. The number of carbonyl (C=O) groups excluding carboxylic acids is 1. The van der Waals surface area contributed by atoms with Crippen LogP contribution in [0.5, 0.6) is 0 Å². The van der Waals surface area contributed by atoms with Crippen molar-refractivity contribution in [2.45, 2.75) is 38.6 Å². The molecule has 1 fully saturated rings. The van der Waals surface area contributed by atoms with E-state index in [0.717, 1.165) is 18.8 Å². The van der Waals surface area contributed by atoms with E-state index < -0.39 is 0 Å². The summed E-state index contributed by atoms with van der Waals surface area (Å²) in [5, 5.41) is 3.57. The molecule has 0 radical (unpaired) electrons. The van der Waals surface area contributed by atoms with E-state index in [-0.39, 0.29) is 11.9 Å². The van der Waals surface area contributed by atoms with Crippen LogP contribution in [-0.2, 0) is 4.79 Å². The van der Waals surface area contributed by atoms with Gasteiger partial charge in [-0.1, -0.05) is 30.5 Å². The Morgan fingerprint density at radius 1 is 1.26 bits per heavy atom. The Bertz CT molecular complexity index is 428. The second-order valence-corrected chi connectivity index (χ2v) is 5.56. The summed E-state index contributed by atoms with van der Waals surface area (Å²) in [6, 6.07) is 7.19. The molecule has 4 heteroatoms. The number of hydrogen-bond donors (Lipinski definition) is 1. The Hall–Kier alpha value is -1.06. The van der Waals surface area contributed by atoms with Gasteiger partial charge in [0.05, 0.1) is 6.04 Å². The van der Waals surface area contributed by atoms with Gasteiger partial charge >= 0.3 is 0 Å². The summed E-state index contributed by atoms with van der Waals surface area (Å²) in [4.78, 5) is 14.5. The quantitative estimate of drug-likeness (QED) is 0.918. The van der Waals surface area contributed by atoms with E-state index in [1.807, 2.05) is 19.1 Å². The van der Waals surface area contributed by atoms with Crippen LogP contribution >= 0.6 is 11.6 Å². The number of carbonyl (C=O) groups is 1. The second-order valence-electron chi connectivity index (χ2n) is 5.13. The van der Waals surface area contributed by atoms with Gasteiger partial charge in [-0.05, 0) is 51.1 Å². The number of nitrogens with one attached hydrogen (secondary N) is 1. The highest BCUT2D eigenvalue weighted by Gasteiger charge is 2.21. The molecular weight excluding hydrogens is 260 g/mol. The first-order valence-electron chi connectivity index (χ1n) is 6.97. The van der Waals surface area contributed by atoms with Gasteiger partial charge in [-0.15, -0.1) is 0 Å². The number of anilines is 1. The number of nitrogens with zero attached hydrogens (tertiary/aromatic N) is 1. The largest absolute Gasteiger partial charge is 0.325 e. The topological polar surface area (TPSA) is 32.3 Å². The molecule has 1 aliphatic rings. The van der Waals surface area contributed by atoms with Crippen LogP contribution in [0.1, 0.15) is 32.6 Å². The molecule has 0 aromatic heterocycles. The van der Waals surface area contributed by atoms with Gasteiger partial charge in [-0.2, -0.15) is 0 Å². The minimum atomic E-state index is -0.0860. The Morgan fingerprint density at radius 2 is 1.95 bits per heavy atom. The molecule has 1 heterocycles. The Labute approximate surface area is 119 Å². The van der Waals surface area contributed by atoms with Gasteiger partial charge in [0.25, 0.3) is 0 Å². The number of rotatable bonds is 3. The van der Waals surface area contributed by atoms with Crippen LogP contribution in [0.4, 0.5) is 5.69 Å². The lowest BCUT2D eigenvalue weighted by Crippen LogP contribution is -2.42. The summed E-state index contributed by atoms with van der Waals surface area (Å²) in [5.41, 5.74) is 0.763. The standard InChI is InChI=1S/C15H21ClN2O/c1-12(18-9-4-2-3-5-10-18)15(19)17-14-8-6-7-13(16)11-14/h6-8,11-12H,2-5,9-10H2,1H3,(H,17,19)/t12-/m0/s1. The summed E-state index contributed by atoms with van der Waals surface area (Å²) in [7, 11) is 0. The van der Waals surface area contributed by atoms with E-state index in [1.54, 1.807) is 12.1 Å². The Morgan fingerprint density at radius 3 is 2.58 bits per heavy atom. The van der Waals surface area contributed by atoms with Crippen molar-refractivity contribution in [1.82, 2.24) is 4.90 Å². The van der Waals surface area contributed by atoms with Crippen molar-refractivity contribution in [3.63, 3.8) is 0 Å². The summed E-state index contributed by atoms with van der Waals surface area (Å²) in [5.74, 6) is 0.0455. The molecule has 1 atom stereocenters. The molecule has 2 rings (SSSR count). The fraction of sp³-hybridized carbons (Fsp3) is 0.533. The van der Waals surface area contributed by atoms with E-state index in [9.17, 15) is 4.79 Å².